The first kappa shape index (κ1) is 15.3. The van der Waals surface area contributed by atoms with E-state index in [1.54, 1.807) is 0 Å². The molecule has 5 heteroatoms. The predicted octanol–water partition coefficient (Wildman–Crippen LogP) is 4.58. The van der Waals surface area contributed by atoms with Crippen LogP contribution in [-0.4, -0.2) is 28.0 Å². The molecule has 1 saturated carbocycles. The number of nitrogens with zero attached hydrogens (tertiary/aromatic N) is 4. The minimum atomic E-state index is 0.404. The van der Waals surface area contributed by atoms with Gasteiger partial charge >= 0.3 is 0 Å². The summed E-state index contributed by atoms with van der Waals surface area (Å²) in [7, 11) is 0. The summed E-state index contributed by atoms with van der Waals surface area (Å²) in [5.74, 6) is 1.80. The molecule has 4 nitrogen and oxygen atoms in total. The molecule has 25 heavy (non-hydrogen) atoms. The van der Waals surface area contributed by atoms with Crippen LogP contribution in [0.25, 0.3) is 10.9 Å². The molecule has 1 aromatic carbocycles. The first-order valence-electron chi connectivity index (χ1n) is 8.84. The molecule has 0 unspecified atom stereocenters. The maximum absolute atomic E-state index is 4.99. The summed E-state index contributed by atoms with van der Waals surface area (Å²) in [6.07, 6.45) is 4.23. The number of anilines is 1. The molecule has 5 rings (SSSR count). The quantitative estimate of drug-likeness (QED) is 0.651. The molecule has 1 aliphatic heterocycles. The number of hydrogen-bond donors (Lipinski definition) is 0. The molecule has 2 atom stereocenters. The lowest BCUT2D eigenvalue weighted by molar-refractivity contribution is 0.619. The zero-order valence-electron chi connectivity index (χ0n) is 14.1. The van der Waals surface area contributed by atoms with Crippen LogP contribution in [0.2, 0.25) is 0 Å². The van der Waals surface area contributed by atoms with Gasteiger partial charge in [0.1, 0.15) is 5.82 Å². The lowest BCUT2D eigenvalue weighted by Crippen LogP contribution is -2.37. The Bertz CT molecular complexity index is 967. The third kappa shape index (κ3) is 2.71. The second-order valence-electron chi connectivity index (χ2n) is 7.07. The maximum Gasteiger partial charge on any atom is 0.132 e. The van der Waals surface area contributed by atoms with Gasteiger partial charge in [0, 0.05) is 58.1 Å². The van der Waals surface area contributed by atoms with Gasteiger partial charge in [-0.15, -0.1) is 0 Å². The second-order valence-corrected chi connectivity index (χ2v) is 7.99. The molecule has 0 radical (unpaired) electrons. The van der Waals surface area contributed by atoms with E-state index in [1.165, 1.54) is 23.2 Å². The summed E-state index contributed by atoms with van der Waals surface area (Å²) in [5, 5.41) is 1.25. The van der Waals surface area contributed by atoms with E-state index in [0.29, 0.717) is 11.8 Å². The topological polar surface area (TPSA) is 41.9 Å². The standard InChI is InChI=1S/C20H19BrN4/c1-12-5-6-22-20(23-12)16-10-15(16)18-11-19(25-7-2-8-25)14-4-3-13(21)9-17(14)24-18/h3-6,9,11,15-16H,2,7-8,10H2,1H3/t15-,16-/m0/s1. The van der Waals surface area contributed by atoms with Gasteiger partial charge in [-0.05, 0) is 50.1 Å². The van der Waals surface area contributed by atoms with Gasteiger partial charge < -0.3 is 4.90 Å². The number of benzene rings is 1. The maximum atomic E-state index is 4.99. The summed E-state index contributed by atoms with van der Waals surface area (Å²) >= 11 is 3.59. The van der Waals surface area contributed by atoms with Crippen molar-refractivity contribution in [2.24, 2.45) is 0 Å². The van der Waals surface area contributed by atoms with Crippen LogP contribution in [0.15, 0.2) is 41.0 Å². The van der Waals surface area contributed by atoms with Crippen LogP contribution in [0.5, 0.6) is 0 Å². The van der Waals surface area contributed by atoms with Gasteiger partial charge in [0.25, 0.3) is 0 Å². The number of aryl methyl sites for hydroxylation is 1. The Balaban J connectivity index is 1.55. The Morgan fingerprint density at radius 3 is 2.72 bits per heavy atom. The fourth-order valence-corrected chi connectivity index (χ4v) is 4.02. The normalized spacial score (nSPS) is 22.1. The van der Waals surface area contributed by atoms with Crippen molar-refractivity contribution in [2.75, 3.05) is 18.0 Å². The second kappa shape index (κ2) is 5.77. The Hall–Kier alpha value is -2.01. The monoisotopic (exact) mass is 394 g/mol. The average Bonchev–Trinajstić information content (AvgIpc) is 3.33. The Kier molecular flexibility index (Phi) is 3.52. The van der Waals surface area contributed by atoms with Crippen LogP contribution in [0.1, 0.15) is 41.9 Å². The van der Waals surface area contributed by atoms with Gasteiger partial charge in [-0.25, -0.2) is 9.97 Å². The number of halogens is 1. The molecule has 0 bridgehead atoms. The van der Waals surface area contributed by atoms with Crippen LogP contribution in [0.3, 0.4) is 0 Å². The Labute approximate surface area is 155 Å². The van der Waals surface area contributed by atoms with Gasteiger partial charge in [-0.2, -0.15) is 0 Å². The lowest BCUT2D eigenvalue weighted by atomic mass is 10.1. The van der Waals surface area contributed by atoms with E-state index in [-0.39, 0.29) is 0 Å². The van der Waals surface area contributed by atoms with E-state index in [2.05, 4.69) is 55.1 Å². The average molecular weight is 395 g/mol. The molecule has 1 saturated heterocycles. The molecule has 3 heterocycles. The summed E-state index contributed by atoms with van der Waals surface area (Å²) < 4.78 is 1.08. The third-order valence-corrected chi connectivity index (χ3v) is 5.78. The van der Waals surface area contributed by atoms with Crippen LogP contribution >= 0.6 is 15.9 Å². The van der Waals surface area contributed by atoms with Gasteiger partial charge in [-0.1, -0.05) is 15.9 Å². The van der Waals surface area contributed by atoms with Crippen LogP contribution in [0, 0.1) is 6.92 Å². The highest BCUT2D eigenvalue weighted by molar-refractivity contribution is 9.10. The van der Waals surface area contributed by atoms with Crippen LogP contribution in [0.4, 0.5) is 5.69 Å². The fourth-order valence-electron chi connectivity index (χ4n) is 3.67. The molecule has 0 N–H and O–H groups in total. The molecule has 0 spiro atoms. The van der Waals surface area contributed by atoms with E-state index in [4.69, 9.17) is 4.98 Å². The van der Waals surface area contributed by atoms with Crippen molar-refractivity contribution in [3.63, 3.8) is 0 Å². The Morgan fingerprint density at radius 2 is 1.96 bits per heavy atom. The molecule has 1 aliphatic carbocycles. The first-order chi connectivity index (χ1) is 12.2. The minimum Gasteiger partial charge on any atom is -0.371 e. The molecule has 0 amide bonds. The highest BCUT2D eigenvalue weighted by Gasteiger charge is 2.43. The highest BCUT2D eigenvalue weighted by Crippen LogP contribution is 2.54. The number of rotatable bonds is 3. The zero-order chi connectivity index (χ0) is 17.0. The van der Waals surface area contributed by atoms with Crippen molar-refractivity contribution >= 4 is 32.5 Å². The van der Waals surface area contributed by atoms with E-state index >= 15 is 0 Å². The minimum absolute atomic E-state index is 0.404. The van der Waals surface area contributed by atoms with Crippen molar-refractivity contribution in [1.82, 2.24) is 15.0 Å². The van der Waals surface area contributed by atoms with Crippen molar-refractivity contribution in [3.8, 4) is 0 Å². The van der Waals surface area contributed by atoms with Crippen molar-refractivity contribution < 1.29 is 0 Å². The first-order valence-corrected chi connectivity index (χ1v) is 9.63. The lowest BCUT2D eigenvalue weighted by Gasteiger charge is -2.34. The van der Waals surface area contributed by atoms with E-state index < -0.39 is 0 Å². The number of hydrogen-bond acceptors (Lipinski definition) is 4. The third-order valence-electron chi connectivity index (χ3n) is 5.28. The van der Waals surface area contributed by atoms with Gasteiger partial charge in [0.05, 0.1) is 5.52 Å². The molecule has 2 aromatic heterocycles. The highest BCUT2D eigenvalue weighted by atomic mass is 79.9. The number of pyridine rings is 1. The van der Waals surface area contributed by atoms with E-state index in [1.807, 2.05) is 19.2 Å². The summed E-state index contributed by atoms with van der Waals surface area (Å²) in [6.45, 7) is 4.31. The van der Waals surface area contributed by atoms with Gasteiger partial charge in [-0.3, -0.25) is 4.98 Å². The SMILES string of the molecule is Cc1ccnc([C@H]2C[C@@H]2c2cc(N3CCC3)c3ccc(Br)cc3n2)n1. The van der Waals surface area contributed by atoms with Gasteiger partial charge in [0.15, 0.2) is 0 Å². The number of aromatic nitrogens is 3. The van der Waals surface area contributed by atoms with E-state index in [0.717, 1.165) is 41.0 Å². The predicted molar refractivity (Wildman–Crippen MR) is 103 cm³/mol. The van der Waals surface area contributed by atoms with Crippen molar-refractivity contribution in [3.05, 3.63) is 58.2 Å². The molecule has 3 aromatic rings. The largest absolute Gasteiger partial charge is 0.371 e. The van der Waals surface area contributed by atoms with Crippen LogP contribution < -0.4 is 4.90 Å². The van der Waals surface area contributed by atoms with Crippen LogP contribution in [-0.2, 0) is 0 Å². The Morgan fingerprint density at radius 1 is 1.08 bits per heavy atom. The van der Waals surface area contributed by atoms with Crippen molar-refractivity contribution in [2.45, 2.75) is 31.6 Å². The summed E-state index contributed by atoms with van der Waals surface area (Å²) in [4.78, 5) is 16.5. The molecule has 2 aliphatic rings. The fraction of sp³-hybridized carbons (Fsp3) is 0.350. The molecule has 2 fully saturated rings. The molecule has 126 valence electrons. The number of fused-ring (bicyclic) bond motifs is 1. The molecular weight excluding hydrogens is 376 g/mol. The smallest absolute Gasteiger partial charge is 0.132 e. The van der Waals surface area contributed by atoms with E-state index in [9.17, 15) is 0 Å². The summed E-state index contributed by atoms with van der Waals surface area (Å²) in [6, 6.07) is 10.7. The zero-order valence-corrected chi connectivity index (χ0v) is 15.7. The van der Waals surface area contributed by atoms with Gasteiger partial charge in [0.2, 0.25) is 0 Å². The molecular formula is C20H19BrN4. The summed E-state index contributed by atoms with van der Waals surface area (Å²) in [5.41, 5.74) is 4.62. The van der Waals surface area contributed by atoms with Crippen molar-refractivity contribution in [1.29, 1.82) is 0 Å².